The number of hydrogen-bond acceptors (Lipinski definition) is 4. The third-order valence-corrected chi connectivity index (χ3v) is 1.14. The summed E-state index contributed by atoms with van der Waals surface area (Å²) in [6, 6.07) is 1.41. The summed E-state index contributed by atoms with van der Waals surface area (Å²) in [6.45, 7) is 1.65. The second kappa shape index (κ2) is 3.01. The lowest BCUT2D eigenvalue weighted by Crippen LogP contribution is -2.04. The molecule has 0 N–H and O–H groups in total. The van der Waals surface area contributed by atoms with Crippen molar-refractivity contribution in [2.45, 2.75) is 6.92 Å². The molecule has 0 atom stereocenters. The molecule has 0 aliphatic carbocycles. The maximum atomic E-state index is 10.7. The fourth-order valence-corrected chi connectivity index (χ4v) is 0.654. The second-order valence-corrected chi connectivity index (χ2v) is 1.97. The zero-order valence-corrected chi connectivity index (χ0v) is 5.94. The highest BCUT2D eigenvalue weighted by atomic mass is 16.2. The fraction of sp³-hybridized carbons (Fsp3) is 0.143. The number of hydrogen-bond donors (Lipinski definition) is 0. The third kappa shape index (κ3) is 1.67. The van der Waals surface area contributed by atoms with Crippen molar-refractivity contribution >= 4 is 12.1 Å². The van der Waals surface area contributed by atoms with Crippen molar-refractivity contribution in [3.05, 3.63) is 23.8 Å². The Morgan fingerprint density at radius 3 is 2.91 bits per heavy atom. The predicted octanol–water partition coefficient (Wildman–Crippen LogP) is 0.167. The lowest BCUT2D eigenvalue weighted by atomic mass is 10.3. The van der Waals surface area contributed by atoms with Crippen LogP contribution in [0.5, 0.6) is 0 Å². The van der Waals surface area contributed by atoms with Crippen molar-refractivity contribution in [3.63, 3.8) is 0 Å². The molecule has 1 rings (SSSR count). The van der Waals surface area contributed by atoms with Gasteiger partial charge in [-0.3, -0.25) is 9.59 Å². The van der Waals surface area contributed by atoms with Gasteiger partial charge in [0.25, 0.3) is 0 Å². The van der Waals surface area contributed by atoms with Crippen molar-refractivity contribution in [3.8, 4) is 0 Å². The van der Waals surface area contributed by atoms with Crippen LogP contribution < -0.4 is 0 Å². The van der Waals surface area contributed by atoms with Crippen LogP contribution in [0.1, 0.15) is 16.3 Å². The molecule has 4 heteroatoms. The highest BCUT2D eigenvalue weighted by Gasteiger charge is 2.04. The minimum atomic E-state index is -0.615. The SMILES string of the molecule is Cc1nccc(C(=O)C=O)n1. The third-order valence-electron chi connectivity index (χ3n) is 1.14. The number of aryl methyl sites for hydroxylation is 1. The van der Waals surface area contributed by atoms with Crippen LogP contribution >= 0.6 is 0 Å². The molecule has 0 spiro atoms. The predicted molar refractivity (Wildman–Crippen MR) is 37.2 cm³/mol. The van der Waals surface area contributed by atoms with Gasteiger partial charge in [0.15, 0.2) is 6.29 Å². The summed E-state index contributed by atoms with van der Waals surface area (Å²) in [4.78, 5) is 28.2. The first-order valence-electron chi connectivity index (χ1n) is 3.03. The molecule has 1 aromatic heterocycles. The van der Waals surface area contributed by atoms with Gasteiger partial charge in [0, 0.05) is 6.20 Å². The molecule has 0 radical (unpaired) electrons. The molecule has 0 amide bonds. The highest BCUT2D eigenvalue weighted by Crippen LogP contribution is 1.93. The van der Waals surface area contributed by atoms with E-state index in [1.165, 1.54) is 12.3 Å². The smallest absolute Gasteiger partial charge is 0.243 e. The van der Waals surface area contributed by atoms with E-state index in [0.717, 1.165) is 0 Å². The van der Waals surface area contributed by atoms with Gasteiger partial charge in [-0.05, 0) is 13.0 Å². The van der Waals surface area contributed by atoms with Gasteiger partial charge < -0.3 is 0 Å². The summed E-state index contributed by atoms with van der Waals surface area (Å²) < 4.78 is 0. The van der Waals surface area contributed by atoms with E-state index in [-0.39, 0.29) is 12.0 Å². The van der Waals surface area contributed by atoms with E-state index in [9.17, 15) is 9.59 Å². The quantitative estimate of drug-likeness (QED) is 0.342. The Labute approximate surface area is 63.3 Å². The monoisotopic (exact) mass is 150 g/mol. The summed E-state index contributed by atoms with van der Waals surface area (Å²) in [7, 11) is 0. The van der Waals surface area contributed by atoms with Gasteiger partial charge in [-0.1, -0.05) is 0 Å². The molecule has 0 saturated heterocycles. The van der Waals surface area contributed by atoms with Gasteiger partial charge in [-0.25, -0.2) is 9.97 Å². The number of aldehydes is 1. The van der Waals surface area contributed by atoms with Crippen LogP contribution in [-0.2, 0) is 4.79 Å². The van der Waals surface area contributed by atoms with Crippen molar-refractivity contribution in [1.82, 2.24) is 9.97 Å². The number of nitrogens with zero attached hydrogens (tertiary/aromatic N) is 2. The molecule has 0 saturated carbocycles. The first-order chi connectivity index (χ1) is 5.24. The molecule has 1 aromatic rings. The Bertz CT molecular complexity index is 296. The maximum Gasteiger partial charge on any atom is 0.243 e. The summed E-state index contributed by atoms with van der Waals surface area (Å²) in [5, 5.41) is 0. The van der Waals surface area contributed by atoms with Crippen LogP contribution in [-0.4, -0.2) is 22.0 Å². The average molecular weight is 150 g/mol. The minimum absolute atomic E-state index is 0.146. The lowest BCUT2D eigenvalue weighted by molar-refractivity contribution is -0.104. The maximum absolute atomic E-state index is 10.7. The summed E-state index contributed by atoms with van der Waals surface area (Å²) in [5.41, 5.74) is 0.146. The molecular formula is C7H6N2O2. The molecule has 0 unspecified atom stereocenters. The van der Waals surface area contributed by atoms with E-state index in [0.29, 0.717) is 5.82 Å². The largest absolute Gasteiger partial charge is 0.294 e. The summed E-state index contributed by atoms with van der Waals surface area (Å²) in [6.07, 6.45) is 1.68. The van der Waals surface area contributed by atoms with Crippen molar-refractivity contribution in [2.24, 2.45) is 0 Å². The van der Waals surface area contributed by atoms with E-state index in [1.807, 2.05) is 0 Å². The Morgan fingerprint density at radius 2 is 2.36 bits per heavy atom. The molecule has 0 fully saturated rings. The molecule has 56 valence electrons. The molecule has 0 aromatic carbocycles. The van der Waals surface area contributed by atoms with E-state index in [1.54, 1.807) is 6.92 Å². The molecule has 1 heterocycles. The van der Waals surface area contributed by atoms with Gasteiger partial charge in [0.05, 0.1) is 0 Å². The van der Waals surface area contributed by atoms with Crippen LogP contribution in [0, 0.1) is 6.92 Å². The summed E-state index contributed by atoms with van der Waals surface area (Å²) >= 11 is 0. The molecular weight excluding hydrogens is 144 g/mol. The number of ketones is 1. The topological polar surface area (TPSA) is 59.9 Å². The van der Waals surface area contributed by atoms with Gasteiger partial charge >= 0.3 is 0 Å². The van der Waals surface area contributed by atoms with Crippen LogP contribution in [0.3, 0.4) is 0 Å². The van der Waals surface area contributed by atoms with Crippen molar-refractivity contribution in [1.29, 1.82) is 0 Å². The van der Waals surface area contributed by atoms with Crippen molar-refractivity contribution < 1.29 is 9.59 Å². The lowest BCUT2D eigenvalue weighted by Gasteiger charge is -1.92. The second-order valence-electron chi connectivity index (χ2n) is 1.97. The molecule has 11 heavy (non-hydrogen) atoms. The van der Waals surface area contributed by atoms with Gasteiger partial charge in [0.2, 0.25) is 5.78 Å². The average Bonchev–Trinajstić information content (AvgIpc) is 2.03. The fourth-order valence-electron chi connectivity index (χ4n) is 0.654. The number of aromatic nitrogens is 2. The minimum Gasteiger partial charge on any atom is -0.294 e. The van der Waals surface area contributed by atoms with E-state index < -0.39 is 5.78 Å². The number of rotatable bonds is 2. The highest BCUT2D eigenvalue weighted by molar-refractivity contribution is 6.32. The first kappa shape index (κ1) is 7.53. The van der Waals surface area contributed by atoms with Crippen LogP contribution in [0.4, 0.5) is 0 Å². The van der Waals surface area contributed by atoms with Gasteiger partial charge in [-0.2, -0.15) is 0 Å². The Balaban J connectivity index is 3.05. The Morgan fingerprint density at radius 1 is 1.64 bits per heavy atom. The Kier molecular flexibility index (Phi) is 2.06. The van der Waals surface area contributed by atoms with Gasteiger partial charge in [0.1, 0.15) is 11.5 Å². The number of carbonyl (C=O) groups is 2. The number of carbonyl (C=O) groups excluding carboxylic acids is 2. The standard InChI is InChI=1S/C7H6N2O2/c1-5-8-3-2-6(9-5)7(11)4-10/h2-4H,1H3. The molecule has 0 aliphatic heterocycles. The molecule has 0 bridgehead atoms. The van der Waals surface area contributed by atoms with Crippen molar-refractivity contribution in [2.75, 3.05) is 0 Å². The zero-order chi connectivity index (χ0) is 8.27. The van der Waals surface area contributed by atoms with Crippen LogP contribution in [0.2, 0.25) is 0 Å². The van der Waals surface area contributed by atoms with E-state index >= 15 is 0 Å². The number of Topliss-reactive ketones (excluding diaryl/α,β-unsaturated/α-hetero) is 1. The van der Waals surface area contributed by atoms with Crippen LogP contribution in [0.25, 0.3) is 0 Å². The summed E-state index contributed by atoms with van der Waals surface area (Å²) in [5.74, 6) is -0.131. The van der Waals surface area contributed by atoms with Crippen LogP contribution in [0.15, 0.2) is 12.3 Å². The molecule has 4 nitrogen and oxygen atoms in total. The zero-order valence-electron chi connectivity index (χ0n) is 5.94. The normalized spacial score (nSPS) is 9.18. The molecule has 0 aliphatic rings. The Hall–Kier alpha value is -1.58. The van der Waals surface area contributed by atoms with E-state index in [4.69, 9.17) is 0 Å². The van der Waals surface area contributed by atoms with E-state index in [2.05, 4.69) is 9.97 Å². The van der Waals surface area contributed by atoms with Gasteiger partial charge in [-0.15, -0.1) is 0 Å². The first-order valence-corrected chi connectivity index (χ1v) is 3.03.